The van der Waals surface area contributed by atoms with Crippen LogP contribution in [0.25, 0.3) is 0 Å². The molecule has 3 aromatic carbocycles. The van der Waals surface area contributed by atoms with E-state index in [9.17, 15) is 13.2 Å². The third kappa shape index (κ3) is 3.73. The van der Waals surface area contributed by atoms with E-state index in [1.54, 1.807) is 30.3 Å². The zero-order chi connectivity index (χ0) is 20.6. The molecule has 0 atom stereocenters. The smallest absolute Gasteiger partial charge is 0.264 e. The number of nitrogens with zero attached hydrogens (tertiary/aromatic N) is 1. The molecule has 0 spiro atoms. The zero-order valence-corrected chi connectivity index (χ0v) is 17.3. The van der Waals surface area contributed by atoms with E-state index in [1.807, 2.05) is 31.2 Å². The predicted octanol–water partition coefficient (Wildman–Crippen LogP) is 4.65. The Hall–Kier alpha value is -2.83. The standard InChI is InChI=1S/C22H19ClN2O3S/c1-15-4-2-3-5-20(15)24-22(26)17-6-11-21-16(14-17)12-13-25(21)29(27,28)19-9-7-18(23)8-10-19/h2-11,14H,12-13H2,1H3,(H,24,26). The minimum absolute atomic E-state index is 0.191. The summed E-state index contributed by atoms with van der Waals surface area (Å²) in [5, 5.41) is 3.39. The highest BCUT2D eigenvalue weighted by molar-refractivity contribution is 7.92. The molecular formula is C22H19ClN2O3S. The van der Waals surface area contributed by atoms with E-state index < -0.39 is 10.0 Å². The molecule has 0 aliphatic carbocycles. The molecule has 0 fully saturated rings. The Bertz CT molecular complexity index is 1190. The second-order valence-corrected chi connectivity index (χ2v) is 9.19. The lowest BCUT2D eigenvalue weighted by Crippen LogP contribution is -2.29. The summed E-state index contributed by atoms with van der Waals surface area (Å²) in [6.07, 6.45) is 0.549. The van der Waals surface area contributed by atoms with Crippen LogP contribution in [0.3, 0.4) is 0 Å². The molecule has 29 heavy (non-hydrogen) atoms. The maximum Gasteiger partial charge on any atom is 0.264 e. The Morgan fingerprint density at radius 2 is 1.76 bits per heavy atom. The number of hydrogen-bond donors (Lipinski definition) is 1. The van der Waals surface area contributed by atoms with Gasteiger partial charge in [0.15, 0.2) is 0 Å². The van der Waals surface area contributed by atoms with Crippen LogP contribution in [0.15, 0.2) is 71.6 Å². The second kappa shape index (κ2) is 7.54. The van der Waals surface area contributed by atoms with Crippen LogP contribution in [0.1, 0.15) is 21.5 Å². The molecule has 0 saturated carbocycles. The van der Waals surface area contributed by atoms with Crippen LogP contribution in [0.2, 0.25) is 5.02 Å². The van der Waals surface area contributed by atoms with E-state index in [-0.39, 0.29) is 10.8 Å². The number of aryl methyl sites for hydroxylation is 1. The number of fused-ring (bicyclic) bond motifs is 1. The van der Waals surface area contributed by atoms with E-state index in [4.69, 9.17) is 11.6 Å². The molecule has 1 aliphatic rings. The average molecular weight is 427 g/mol. The van der Waals surface area contributed by atoms with Crippen molar-refractivity contribution in [2.24, 2.45) is 0 Å². The summed E-state index contributed by atoms with van der Waals surface area (Å²) < 4.78 is 27.4. The topological polar surface area (TPSA) is 66.5 Å². The van der Waals surface area contributed by atoms with Gasteiger partial charge in [0.1, 0.15) is 0 Å². The Kier molecular flexibility index (Phi) is 5.06. The Labute approximate surface area is 175 Å². The zero-order valence-electron chi connectivity index (χ0n) is 15.7. The van der Waals surface area contributed by atoms with Gasteiger partial charge in [0.25, 0.3) is 15.9 Å². The highest BCUT2D eigenvalue weighted by Gasteiger charge is 2.31. The summed E-state index contributed by atoms with van der Waals surface area (Å²) in [4.78, 5) is 12.8. The molecule has 1 N–H and O–H groups in total. The van der Waals surface area contributed by atoms with Gasteiger partial charge in [0.2, 0.25) is 0 Å². The number of carbonyl (C=O) groups excluding carboxylic acids is 1. The predicted molar refractivity (Wildman–Crippen MR) is 115 cm³/mol. The van der Waals surface area contributed by atoms with Gasteiger partial charge in [-0.15, -0.1) is 0 Å². The second-order valence-electron chi connectivity index (χ2n) is 6.89. The lowest BCUT2D eigenvalue weighted by Gasteiger charge is -2.20. The quantitative estimate of drug-likeness (QED) is 0.660. The summed E-state index contributed by atoms with van der Waals surface area (Å²) in [5.74, 6) is -0.221. The van der Waals surface area contributed by atoms with Gasteiger partial charge in [-0.1, -0.05) is 29.8 Å². The monoisotopic (exact) mass is 426 g/mol. The lowest BCUT2D eigenvalue weighted by atomic mass is 10.1. The molecule has 148 valence electrons. The van der Waals surface area contributed by atoms with Crippen molar-refractivity contribution in [2.75, 3.05) is 16.2 Å². The maximum absolute atomic E-state index is 13.0. The largest absolute Gasteiger partial charge is 0.322 e. The van der Waals surface area contributed by atoms with E-state index in [2.05, 4.69) is 5.32 Å². The average Bonchev–Trinajstić information content (AvgIpc) is 3.14. The van der Waals surface area contributed by atoms with Gasteiger partial charge in [0, 0.05) is 22.8 Å². The van der Waals surface area contributed by atoms with Crippen LogP contribution < -0.4 is 9.62 Å². The summed E-state index contributed by atoms with van der Waals surface area (Å²) in [6, 6.07) is 18.8. The number of hydrogen-bond acceptors (Lipinski definition) is 3. The highest BCUT2D eigenvalue weighted by Crippen LogP contribution is 2.34. The summed E-state index contributed by atoms with van der Waals surface area (Å²) in [6.45, 7) is 2.26. The molecule has 1 heterocycles. The molecule has 0 unspecified atom stereocenters. The van der Waals surface area contributed by atoms with Crippen LogP contribution >= 0.6 is 11.6 Å². The van der Waals surface area contributed by atoms with Gasteiger partial charge in [-0.05, 0) is 73.0 Å². The first kappa shape index (κ1) is 19.5. The van der Waals surface area contributed by atoms with Crippen molar-refractivity contribution in [2.45, 2.75) is 18.2 Å². The molecule has 5 nitrogen and oxygen atoms in total. The van der Waals surface area contributed by atoms with E-state index in [0.717, 1.165) is 16.8 Å². The highest BCUT2D eigenvalue weighted by atomic mass is 35.5. The normalized spacial score (nSPS) is 13.2. The van der Waals surface area contributed by atoms with Gasteiger partial charge < -0.3 is 5.32 Å². The van der Waals surface area contributed by atoms with Gasteiger partial charge in [-0.25, -0.2) is 8.42 Å². The first-order chi connectivity index (χ1) is 13.9. The van der Waals surface area contributed by atoms with Crippen LogP contribution in [0, 0.1) is 6.92 Å². The van der Waals surface area contributed by atoms with E-state index in [0.29, 0.717) is 29.2 Å². The fourth-order valence-electron chi connectivity index (χ4n) is 3.40. The van der Waals surface area contributed by atoms with Crippen molar-refractivity contribution in [3.63, 3.8) is 0 Å². The van der Waals surface area contributed by atoms with Gasteiger partial charge in [0.05, 0.1) is 10.6 Å². The maximum atomic E-state index is 13.0. The molecule has 0 radical (unpaired) electrons. The molecule has 4 rings (SSSR count). The van der Waals surface area contributed by atoms with Crippen molar-refractivity contribution in [3.05, 3.63) is 88.4 Å². The number of rotatable bonds is 4. The minimum atomic E-state index is -3.68. The van der Waals surface area contributed by atoms with Crippen LogP contribution in [-0.4, -0.2) is 20.9 Å². The number of anilines is 2. The van der Waals surface area contributed by atoms with E-state index >= 15 is 0 Å². The molecule has 7 heteroatoms. The third-order valence-electron chi connectivity index (χ3n) is 4.99. The van der Waals surface area contributed by atoms with Crippen molar-refractivity contribution < 1.29 is 13.2 Å². The number of para-hydroxylation sites is 1. The fraction of sp³-hybridized carbons (Fsp3) is 0.136. The van der Waals surface area contributed by atoms with E-state index in [1.165, 1.54) is 16.4 Å². The first-order valence-corrected chi connectivity index (χ1v) is 11.0. The van der Waals surface area contributed by atoms with Crippen molar-refractivity contribution in [1.29, 1.82) is 0 Å². The lowest BCUT2D eigenvalue weighted by molar-refractivity contribution is 0.102. The number of halogens is 1. The Morgan fingerprint density at radius 1 is 1.03 bits per heavy atom. The molecular weight excluding hydrogens is 408 g/mol. The minimum Gasteiger partial charge on any atom is -0.322 e. The fourth-order valence-corrected chi connectivity index (χ4v) is 5.03. The number of sulfonamides is 1. The molecule has 1 amide bonds. The SMILES string of the molecule is Cc1ccccc1NC(=O)c1ccc2c(c1)CCN2S(=O)(=O)c1ccc(Cl)cc1. The number of nitrogens with one attached hydrogen (secondary N) is 1. The van der Waals surface area contributed by atoms with Crippen molar-refractivity contribution >= 4 is 38.9 Å². The van der Waals surface area contributed by atoms with Gasteiger partial charge in [-0.3, -0.25) is 9.10 Å². The molecule has 1 aliphatic heterocycles. The van der Waals surface area contributed by atoms with Crippen LogP contribution in [0.4, 0.5) is 11.4 Å². The van der Waals surface area contributed by atoms with Crippen molar-refractivity contribution in [1.82, 2.24) is 0 Å². The van der Waals surface area contributed by atoms with Gasteiger partial charge >= 0.3 is 0 Å². The van der Waals surface area contributed by atoms with Crippen molar-refractivity contribution in [3.8, 4) is 0 Å². The first-order valence-electron chi connectivity index (χ1n) is 9.14. The Balaban J connectivity index is 1.60. The molecule has 0 bridgehead atoms. The number of benzene rings is 3. The molecule has 3 aromatic rings. The molecule has 0 saturated heterocycles. The molecule has 0 aromatic heterocycles. The summed E-state index contributed by atoms with van der Waals surface area (Å²) >= 11 is 5.87. The van der Waals surface area contributed by atoms with Gasteiger partial charge in [-0.2, -0.15) is 0 Å². The van der Waals surface area contributed by atoms with Crippen LogP contribution in [0.5, 0.6) is 0 Å². The summed E-state index contributed by atoms with van der Waals surface area (Å²) in [7, 11) is -3.68. The Morgan fingerprint density at radius 3 is 2.48 bits per heavy atom. The third-order valence-corrected chi connectivity index (χ3v) is 7.07. The summed E-state index contributed by atoms with van der Waals surface area (Å²) in [5.41, 5.74) is 3.66. The van der Waals surface area contributed by atoms with Crippen LogP contribution in [-0.2, 0) is 16.4 Å². The number of carbonyl (C=O) groups is 1. The number of amides is 1.